The normalized spacial score (nSPS) is 12.7. The maximum absolute atomic E-state index is 2.44. The molecule has 0 saturated heterocycles. The molecule has 0 unspecified atom stereocenters. The third-order valence-electron chi connectivity index (χ3n) is 10.4. The Bertz CT molecular complexity index is 2780. The van der Waals surface area contributed by atoms with Crippen LogP contribution in [-0.4, -0.2) is 9.13 Å². The highest BCUT2D eigenvalue weighted by atomic mass is 15.0. The summed E-state index contributed by atoms with van der Waals surface area (Å²) < 4.78 is 4.80. The fraction of sp³-hybridized carbons (Fsp3) is 0.0204. The predicted molar refractivity (Wildman–Crippen MR) is 216 cm³/mol. The van der Waals surface area contributed by atoms with Gasteiger partial charge in [-0.15, -0.1) is 0 Å². The summed E-state index contributed by atoms with van der Waals surface area (Å²) in [5.74, 6) is 0. The van der Waals surface area contributed by atoms with Gasteiger partial charge in [0, 0.05) is 33.1 Å². The standard InChI is InChI=1S/C49H34N2/c1-4-13-34(14-5-1)35-23-25-36(26-24-35)38-27-29-49-45(32-38)44-31-37(15-12-22-47(44)51(49)41-18-8-3-9-19-41)39-28-30-48-43(33-39)42-20-10-11-21-46(42)50(48)40-16-6-2-7-17-40/h1-14,16-33H,15H2. The fourth-order valence-electron chi connectivity index (χ4n) is 7.93. The van der Waals surface area contributed by atoms with E-state index in [2.05, 4.69) is 203 Å². The maximum atomic E-state index is 2.44. The molecule has 51 heavy (non-hydrogen) atoms. The van der Waals surface area contributed by atoms with Gasteiger partial charge in [-0.25, -0.2) is 0 Å². The number of allylic oxidation sites excluding steroid dienone is 2. The molecule has 0 atom stereocenters. The number of hydrogen-bond acceptors (Lipinski definition) is 0. The van der Waals surface area contributed by atoms with E-state index in [1.165, 1.54) is 88.7 Å². The van der Waals surface area contributed by atoms with Gasteiger partial charge in [-0.1, -0.05) is 127 Å². The van der Waals surface area contributed by atoms with Crippen LogP contribution in [-0.2, 0) is 0 Å². The smallest absolute Gasteiger partial charge is 0.0541 e. The average molecular weight is 651 g/mol. The maximum Gasteiger partial charge on any atom is 0.0541 e. The zero-order valence-corrected chi connectivity index (χ0v) is 28.1. The SMILES string of the molecule is C1=Cc2c(c3cc(-c4ccc(-c5ccccc5)cc4)ccc3n2-c2ccccc2)C=C(c2ccc3c(c2)c2ccccc2n3-c2ccccc2)C1. The predicted octanol–water partition coefficient (Wildman–Crippen LogP) is 13.0. The molecular formula is C49H34N2. The third-order valence-corrected chi connectivity index (χ3v) is 10.4. The summed E-state index contributed by atoms with van der Waals surface area (Å²) in [5, 5.41) is 3.80. The van der Waals surface area contributed by atoms with Crippen molar-refractivity contribution in [2.45, 2.75) is 6.42 Å². The summed E-state index contributed by atoms with van der Waals surface area (Å²) in [6.45, 7) is 0. The highest BCUT2D eigenvalue weighted by Gasteiger charge is 2.20. The monoisotopic (exact) mass is 650 g/mol. The molecule has 1 aliphatic carbocycles. The van der Waals surface area contributed by atoms with Crippen molar-refractivity contribution in [3.05, 3.63) is 199 Å². The summed E-state index contributed by atoms with van der Waals surface area (Å²) >= 11 is 0. The number of rotatable bonds is 5. The van der Waals surface area contributed by atoms with Crippen LogP contribution in [0, 0.1) is 0 Å². The first-order chi connectivity index (χ1) is 25.3. The molecule has 0 N–H and O–H groups in total. The van der Waals surface area contributed by atoms with E-state index >= 15 is 0 Å². The Hall–Kier alpha value is -6.64. The topological polar surface area (TPSA) is 9.86 Å². The molecule has 7 aromatic carbocycles. The number of aromatic nitrogens is 2. The Balaban J connectivity index is 1.14. The Kier molecular flexibility index (Phi) is 6.92. The van der Waals surface area contributed by atoms with Crippen LogP contribution in [0.1, 0.15) is 23.2 Å². The van der Waals surface area contributed by atoms with Crippen molar-refractivity contribution in [2.75, 3.05) is 0 Å². The Morgan fingerprint density at radius 3 is 1.61 bits per heavy atom. The van der Waals surface area contributed by atoms with Crippen molar-refractivity contribution in [1.82, 2.24) is 9.13 Å². The summed E-state index contributed by atoms with van der Waals surface area (Å²) in [6.07, 6.45) is 7.95. The first-order valence-electron chi connectivity index (χ1n) is 17.7. The Morgan fingerprint density at radius 1 is 0.373 bits per heavy atom. The second-order valence-corrected chi connectivity index (χ2v) is 13.3. The number of benzene rings is 7. The second-order valence-electron chi connectivity index (χ2n) is 13.3. The molecule has 2 nitrogen and oxygen atoms in total. The minimum Gasteiger partial charge on any atom is -0.309 e. The lowest BCUT2D eigenvalue weighted by Crippen LogP contribution is -1.96. The molecule has 0 bridgehead atoms. The van der Waals surface area contributed by atoms with Crippen LogP contribution in [0.15, 0.2) is 182 Å². The van der Waals surface area contributed by atoms with Gasteiger partial charge in [-0.2, -0.15) is 0 Å². The van der Waals surface area contributed by atoms with E-state index in [1.807, 2.05) is 0 Å². The van der Waals surface area contributed by atoms with Crippen LogP contribution in [0.25, 0.3) is 84.1 Å². The molecule has 9 aromatic rings. The van der Waals surface area contributed by atoms with Crippen molar-refractivity contribution in [3.8, 4) is 33.6 Å². The van der Waals surface area contributed by atoms with Crippen LogP contribution in [0.3, 0.4) is 0 Å². The van der Waals surface area contributed by atoms with Crippen LogP contribution >= 0.6 is 0 Å². The van der Waals surface area contributed by atoms with E-state index in [9.17, 15) is 0 Å². The highest BCUT2D eigenvalue weighted by molar-refractivity contribution is 6.11. The van der Waals surface area contributed by atoms with Crippen LogP contribution in [0.5, 0.6) is 0 Å². The molecule has 0 spiro atoms. The molecule has 2 heteroatoms. The van der Waals surface area contributed by atoms with Crippen molar-refractivity contribution >= 4 is 50.4 Å². The minimum absolute atomic E-state index is 0.856. The number of hydrogen-bond donors (Lipinski definition) is 0. The third kappa shape index (κ3) is 4.95. The number of nitrogens with zero attached hydrogens (tertiary/aromatic N) is 2. The van der Waals surface area contributed by atoms with E-state index in [0.29, 0.717) is 0 Å². The lowest BCUT2D eigenvalue weighted by atomic mass is 9.96. The van der Waals surface area contributed by atoms with Gasteiger partial charge >= 0.3 is 0 Å². The summed E-state index contributed by atoms with van der Waals surface area (Å²) in [5.41, 5.74) is 15.9. The first kappa shape index (κ1) is 29.3. The molecule has 0 fully saturated rings. The largest absolute Gasteiger partial charge is 0.309 e. The lowest BCUT2D eigenvalue weighted by Gasteiger charge is -2.10. The zero-order chi connectivity index (χ0) is 33.7. The average Bonchev–Trinajstić information content (AvgIpc) is 3.59. The van der Waals surface area contributed by atoms with Crippen molar-refractivity contribution in [2.24, 2.45) is 0 Å². The van der Waals surface area contributed by atoms with Crippen molar-refractivity contribution in [1.29, 1.82) is 0 Å². The summed E-state index contributed by atoms with van der Waals surface area (Å²) in [7, 11) is 0. The number of para-hydroxylation sites is 3. The van der Waals surface area contributed by atoms with Crippen LogP contribution in [0.4, 0.5) is 0 Å². The van der Waals surface area contributed by atoms with Gasteiger partial charge < -0.3 is 9.13 Å². The van der Waals surface area contributed by atoms with Crippen LogP contribution < -0.4 is 0 Å². The van der Waals surface area contributed by atoms with Gasteiger partial charge in [0.15, 0.2) is 0 Å². The summed E-state index contributed by atoms with van der Waals surface area (Å²) in [4.78, 5) is 0. The highest BCUT2D eigenvalue weighted by Crippen LogP contribution is 2.40. The minimum atomic E-state index is 0.856. The Morgan fingerprint density at radius 2 is 0.882 bits per heavy atom. The molecule has 0 amide bonds. The van der Waals surface area contributed by atoms with Crippen LogP contribution in [0.2, 0.25) is 0 Å². The van der Waals surface area contributed by atoms with Gasteiger partial charge in [0.25, 0.3) is 0 Å². The molecule has 2 heterocycles. The van der Waals surface area contributed by atoms with E-state index in [-0.39, 0.29) is 0 Å². The molecule has 240 valence electrons. The zero-order valence-electron chi connectivity index (χ0n) is 28.1. The van der Waals surface area contributed by atoms with E-state index in [0.717, 1.165) is 6.42 Å². The first-order valence-corrected chi connectivity index (χ1v) is 17.7. The second kappa shape index (κ2) is 12.0. The molecule has 0 radical (unpaired) electrons. The van der Waals surface area contributed by atoms with Crippen molar-refractivity contribution in [3.63, 3.8) is 0 Å². The van der Waals surface area contributed by atoms with E-state index in [1.54, 1.807) is 0 Å². The van der Waals surface area contributed by atoms with Crippen molar-refractivity contribution < 1.29 is 0 Å². The summed E-state index contributed by atoms with van der Waals surface area (Å²) in [6, 6.07) is 63.7. The van der Waals surface area contributed by atoms with E-state index in [4.69, 9.17) is 0 Å². The molecule has 0 aliphatic heterocycles. The van der Waals surface area contributed by atoms with Gasteiger partial charge in [0.2, 0.25) is 0 Å². The van der Waals surface area contributed by atoms with Gasteiger partial charge in [-0.3, -0.25) is 0 Å². The van der Waals surface area contributed by atoms with Gasteiger partial charge in [0.1, 0.15) is 0 Å². The molecule has 1 aliphatic rings. The lowest BCUT2D eigenvalue weighted by molar-refractivity contribution is 1.10. The van der Waals surface area contributed by atoms with E-state index < -0.39 is 0 Å². The molecular weight excluding hydrogens is 617 g/mol. The van der Waals surface area contributed by atoms with Gasteiger partial charge in [0.05, 0.1) is 22.2 Å². The Labute approximate surface area is 297 Å². The molecule has 10 rings (SSSR count). The number of fused-ring (bicyclic) bond motifs is 6. The molecule has 0 saturated carbocycles. The van der Waals surface area contributed by atoms with Gasteiger partial charge in [-0.05, 0) is 107 Å². The fourth-order valence-corrected chi connectivity index (χ4v) is 7.93. The molecule has 2 aromatic heterocycles. The quantitative estimate of drug-likeness (QED) is 0.175.